The molecule has 2 aromatic rings. The SMILES string of the molecule is O=C(O)Cc1c(F)cc([N+](=O)[O-])c2cccnc12. The van der Waals surface area contributed by atoms with Gasteiger partial charge in [0.1, 0.15) is 5.82 Å². The van der Waals surface area contributed by atoms with Crippen molar-refractivity contribution >= 4 is 22.6 Å². The third-order valence-electron chi connectivity index (χ3n) is 2.45. The molecule has 1 aromatic heterocycles. The molecule has 0 aliphatic heterocycles. The van der Waals surface area contributed by atoms with Gasteiger partial charge in [0.25, 0.3) is 5.69 Å². The molecule has 0 aliphatic rings. The van der Waals surface area contributed by atoms with E-state index in [4.69, 9.17) is 5.11 Å². The molecule has 92 valence electrons. The van der Waals surface area contributed by atoms with Gasteiger partial charge in [0.05, 0.1) is 28.3 Å². The van der Waals surface area contributed by atoms with E-state index in [9.17, 15) is 19.3 Å². The predicted molar refractivity (Wildman–Crippen MR) is 59.7 cm³/mol. The Labute approximate surface area is 99.8 Å². The Hall–Kier alpha value is -2.57. The zero-order chi connectivity index (χ0) is 13.3. The van der Waals surface area contributed by atoms with Crippen LogP contribution in [0.5, 0.6) is 0 Å². The normalized spacial score (nSPS) is 10.5. The van der Waals surface area contributed by atoms with Gasteiger partial charge in [-0.25, -0.2) is 4.39 Å². The van der Waals surface area contributed by atoms with Crippen molar-refractivity contribution < 1.29 is 19.2 Å². The van der Waals surface area contributed by atoms with Crippen LogP contribution in [0, 0.1) is 15.9 Å². The van der Waals surface area contributed by atoms with Crippen LogP contribution < -0.4 is 0 Å². The minimum Gasteiger partial charge on any atom is -0.481 e. The van der Waals surface area contributed by atoms with Gasteiger partial charge < -0.3 is 5.11 Å². The summed E-state index contributed by atoms with van der Waals surface area (Å²) in [6.45, 7) is 0. The third kappa shape index (κ3) is 1.97. The highest BCUT2D eigenvalue weighted by molar-refractivity contribution is 5.92. The second kappa shape index (κ2) is 4.36. The van der Waals surface area contributed by atoms with E-state index in [1.165, 1.54) is 18.3 Å². The summed E-state index contributed by atoms with van der Waals surface area (Å²) in [6.07, 6.45) is 0.758. The Bertz CT molecular complexity index is 657. The number of carboxylic acid groups (broad SMARTS) is 1. The molecule has 0 bridgehead atoms. The lowest BCUT2D eigenvalue weighted by atomic mass is 10.0. The number of fused-ring (bicyclic) bond motifs is 1. The number of hydrogen-bond donors (Lipinski definition) is 1. The average Bonchev–Trinajstić information content (AvgIpc) is 2.31. The largest absolute Gasteiger partial charge is 0.481 e. The zero-order valence-electron chi connectivity index (χ0n) is 8.96. The number of carbonyl (C=O) groups is 1. The van der Waals surface area contributed by atoms with Crippen molar-refractivity contribution in [1.29, 1.82) is 0 Å². The summed E-state index contributed by atoms with van der Waals surface area (Å²) in [5, 5.41) is 19.6. The van der Waals surface area contributed by atoms with Crippen LogP contribution in [-0.4, -0.2) is 21.0 Å². The van der Waals surface area contributed by atoms with Crippen molar-refractivity contribution in [2.45, 2.75) is 6.42 Å². The average molecular weight is 250 g/mol. The fourth-order valence-corrected chi connectivity index (χ4v) is 1.72. The number of halogens is 1. The molecule has 0 atom stereocenters. The van der Waals surface area contributed by atoms with E-state index >= 15 is 0 Å². The fourth-order valence-electron chi connectivity index (χ4n) is 1.72. The second-order valence-electron chi connectivity index (χ2n) is 3.58. The van der Waals surface area contributed by atoms with Crippen LogP contribution in [0.3, 0.4) is 0 Å². The summed E-state index contributed by atoms with van der Waals surface area (Å²) < 4.78 is 13.7. The predicted octanol–water partition coefficient (Wildman–Crippen LogP) is 1.91. The Morgan fingerprint density at radius 2 is 2.28 bits per heavy atom. The topological polar surface area (TPSA) is 93.3 Å². The van der Waals surface area contributed by atoms with Crippen LogP contribution >= 0.6 is 0 Å². The van der Waals surface area contributed by atoms with Crippen molar-refractivity contribution in [1.82, 2.24) is 4.98 Å². The zero-order valence-corrected chi connectivity index (χ0v) is 8.96. The minimum atomic E-state index is -1.23. The Balaban J connectivity index is 2.81. The number of carboxylic acids is 1. The molecule has 0 spiro atoms. The molecule has 1 heterocycles. The molecule has 0 fully saturated rings. The van der Waals surface area contributed by atoms with Crippen molar-refractivity contribution in [3.05, 3.63) is 45.9 Å². The molecule has 0 radical (unpaired) electrons. The molecule has 2 rings (SSSR count). The first-order chi connectivity index (χ1) is 8.50. The van der Waals surface area contributed by atoms with E-state index in [1.54, 1.807) is 0 Å². The molecule has 0 unspecified atom stereocenters. The molecule has 1 N–H and O–H groups in total. The molecule has 7 heteroatoms. The molecule has 0 saturated carbocycles. The summed E-state index contributed by atoms with van der Waals surface area (Å²) in [5.74, 6) is -2.16. The summed E-state index contributed by atoms with van der Waals surface area (Å²) >= 11 is 0. The number of nitro groups is 1. The smallest absolute Gasteiger partial charge is 0.308 e. The number of benzene rings is 1. The Morgan fingerprint density at radius 1 is 1.56 bits per heavy atom. The van der Waals surface area contributed by atoms with E-state index < -0.39 is 28.8 Å². The molecule has 6 nitrogen and oxygen atoms in total. The summed E-state index contributed by atoms with van der Waals surface area (Å²) in [4.78, 5) is 24.6. The lowest BCUT2D eigenvalue weighted by Crippen LogP contribution is -2.05. The maximum atomic E-state index is 13.7. The van der Waals surface area contributed by atoms with Gasteiger partial charge in [-0.1, -0.05) is 0 Å². The van der Waals surface area contributed by atoms with E-state index in [2.05, 4.69) is 4.98 Å². The number of nitrogens with zero attached hydrogens (tertiary/aromatic N) is 2. The molecule has 0 saturated heterocycles. The number of non-ortho nitro benzene ring substituents is 1. The Morgan fingerprint density at radius 3 is 2.89 bits per heavy atom. The standard InChI is InChI=1S/C11H7FN2O4/c12-8-5-9(14(17)18)6-2-1-3-13-11(6)7(8)4-10(15)16/h1-3,5H,4H2,(H,15,16). The quantitative estimate of drug-likeness (QED) is 0.663. The highest BCUT2D eigenvalue weighted by Crippen LogP contribution is 2.29. The number of hydrogen-bond acceptors (Lipinski definition) is 4. The maximum Gasteiger partial charge on any atom is 0.308 e. The van der Waals surface area contributed by atoms with E-state index in [0.29, 0.717) is 0 Å². The first kappa shape index (κ1) is 11.9. The van der Waals surface area contributed by atoms with Gasteiger partial charge in [-0.2, -0.15) is 0 Å². The van der Waals surface area contributed by atoms with E-state index in [0.717, 1.165) is 6.07 Å². The van der Waals surface area contributed by atoms with Gasteiger partial charge >= 0.3 is 5.97 Å². The third-order valence-corrected chi connectivity index (χ3v) is 2.45. The van der Waals surface area contributed by atoms with Gasteiger partial charge in [-0.05, 0) is 12.1 Å². The van der Waals surface area contributed by atoms with Gasteiger partial charge in [-0.3, -0.25) is 19.9 Å². The number of aliphatic carboxylic acids is 1. The monoisotopic (exact) mass is 250 g/mol. The molecule has 18 heavy (non-hydrogen) atoms. The number of pyridine rings is 1. The number of rotatable bonds is 3. The molecular weight excluding hydrogens is 243 g/mol. The fraction of sp³-hybridized carbons (Fsp3) is 0.0909. The highest BCUT2D eigenvalue weighted by atomic mass is 19.1. The first-order valence-electron chi connectivity index (χ1n) is 4.93. The molecule has 0 amide bonds. The lowest BCUT2D eigenvalue weighted by Gasteiger charge is -2.05. The second-order valence-corrected chi connectivity index (χ2v) is 3.58. The van der Waals surface area contributed by atoms with Crippen LogP contribution in [0.1, 0.15) is 5.56 Å². The van der Waals surface area contributed by atoms with E-state index in [1.807, 2.05) is 0 Å². The highest BCUT2D eigenvalue weighted by Gasteiger charge is 2.21. The van der Waals surface area contributed by atoms with Crippen LogP contribution in [0.25, 0.3) is 10.9 Å². The van der Waals surface area contributed by atoms with Gasteiger partial charge in [0, 0.05) is 11.8 Å². The summed E-state index contributed by atoms with van der Waals surface area (Å²) in [5.41, 5.74) is -0.569. The van der Waals surface area contributed by atoms with Gasteiger partial charge in [0.15, 0.2) is 0 Å². The first-order valence-corrected chi connectivity index (χ1v) is 4.93. The molecule has 0 aliphatic carbocycles. The van der Waals surface area contributed by atoms with Crippen LogP contribution in [0.15, 0.2) is 24.4 Å². The van der Waals surface area contributed by atoms with Gasteiger partial charge in [0.2, 0.25) is 0 Å². The van der Waals surface area contributed by atoms with E-state index in [-0.39, 0.29) is 16.5 Å². The van der Waals surface area contributed by atoms with Crippen molar-refractivity contribution in [3.8, 4) is 0 Å². The lowest BCUT2D eigenvalue weighted by molar-refractivity contribution is -0.383. The maximum absolute atomic E-state index is 13.7. The van der Waals surface area contributed by atoms with Crippen LogP contribution in [-0.2, 0) is 11.2 Å². The van der Waals surface area contributed by atoms with Gasteiger partial charge in [-0.15, -0.1) is 0 Å². The van der Waals surface area contributed by atoms with Crippen molar-refractivity contribution in [2.24, 2.45) is 0 Å². The molecule has 1 aromatic carbocycles. The van der Waals surface area contributed by atoms with Crippen molar-refractivity contribution in [2.75, 3.05) is 0 Å². The van der Waals surface area contributed by atoms with Crippen molar-refractivity contribution in [3.63, 3.8) is 0 Å². The number of nitro benzene ring substituents is 1. The summed E-state index contributed by atoms with van der Waals surface area (Å²) in [7, 11) is 0. The van der Waals surface area contributed by atoms with Crippen LogP contribution in [0.4, 0.5) is 10.1 Å². The van der Waals surface area contributed by atoms with Crippen LogP contribution in [0.2, 0.25) is 0 Å². The Kier molecular flexibility index (Phi) is 2.88. The number of aromatic nitrogens is 1. The molecular formula is C11H7FN2O4. The summed E-state index contributed by atoms with van der Waals surface area (Å²) in [6, 6.07) is 3.60. The minimum absolute atomic E-state index is 0.00611.